The molecule has 1 fully saturated rings. The minimum Gasteiger partial charge on any atom is -0.478 e. The summed E-state index contributed by atoms with van der Waals surface area (Å²) < 4.78 is 0. The summed E-state index contributed by atoms with van der Waals surface area (Å²) in [6, 6.07) is -0.0145. The van der Waals surface area contributed by atoms with Gasteiger partial charge in [0.1, 0.15) is 0 Å². The van der Waals surface area contributed by atoms with Gasteiger partial charge in [0.2, 0.25) is 5.91 Å². The van der Waals surface area contributed by atoms with Gasteiger partial charge in [0.25, 0.3) is 0 Å². The lowest BCUT2D eigenvalue weighted by molar-refractivity contribution is -0.132. The van der Waals surface area contributed by atoms with Crippen molar-refractivity contribution >= 4 is 11.9 Å². The molecule has 2 aliphatic rings. The van der Waals surface area contributed by atoms with Crippen LogP contribution in [0.15, 0.2) is 23.8 Å². The fraction of sp³-hybridized carbons (Fsp3) is 0.400. The minimum atomic E-state index is -0.906. The van der Waals surface area contributed by atoms with Gasteiger partial charge in [-0.25, -0.2) is 4.79 Å². The van der Waals surface area contributed by atoms with Crippen LogP contribution in [0.3, 0.4) is 0 Å². The number of fused-ring (bicyclic) bond motifs is 1. The van der Waals surface area contributed by atoms with Crippen molar-refractivity contribution in [3.05, 3.63) is 23.8 Å². The number of hydrogen-bond acceptors (Lipinski definition) is 2. The van der Waals surface area contributed by atoms with Gasteiger partial charge in [-0.2, -0.15) is 0 Å². The Morgan fingerprint density at radius 3 is 3.07 bits per heavy atom. The maximum atomic E-state index is 11.1. The highest BCUT2D eigenvalue weighted by atomic mass is 16.4. The lowest BCUT2D eigenvalue weighted by Gasteiger charge is -2.30. The molecular weight excluding hydrogens is 182 g/mol. The second kappa shape index (κ2) is 3.29. The van der Waals surface area contributed by atoms with E-state index in [0.29, 0.717) is 12.0 Å². The van der Waals surface area contributed by atoms with E-state index in [9.17, 15) is 9.59 Å². The zero-order valence-electron chi connectivity index (χ0n) is 7.56. The number of aliphatic carboxylic acids is 1. The molecule has 1 amide bonds. The second-order valence-corrected chi connectivity index (χ2v) is 3.58. The summed E-state index contributed by atoms with van der Waals surface area (Å²) in [5, 5.41) is 11.6. The highest BCUT2D eigenvalue weighted by Crippen LogP contribution is 2.25. The molecule has 74 valence electrons. The van der Waals surface area contributed by atoms with Crippen LogP contribution in [-0.4, -0.2) is 23.0 Å². The lowest BCUT2D eigenvalue weighted by Crippen LogP contribution is -2.44. The van der Waals surface area contributed by atoms with Crippen molar-refractivity contribution in [2.75, 3.05) is 0 Å². The number of nitrogens with one attached hydrogen (secondary N) is 1. The average molecular weight is 193 g/mol. The van der Waals surface area contributed by atoms with E-state index in [4.69, 9.17) is 5.11 Å². The molecule has 0 bridgehead atoms. The van der Waals surface area contributed by atoms with E-state index in [1.807, 2.05) is 0 Å². The summed E-state index contributed by atoms with van der Waals surface area (Å²) in [6.45, 7) is 0. The smallest absolute Gasteiger partial charge is 0.335 e. The van der Waals surface area contributed by atoms with Crippen LogP contribution in [-0.2, 0) is 9.59 Å². The summed E-state index contributed by atoms with van der Waals surface area (Å²) in [7, 11) is 0. The van der Waals surface area contributed by atoms with Crippen LogP contribution in [0.2, 0.25) is 0 Å². The third-order valence-electron chi connectivity index (χ3n) is 2.62. The SMILES string of the molecule is O=C1CCC2C=C(C(=O)O)C=CC2N1. The first kappa shape index (κ1) is 8.99. The number of hydrogen-bond donors (Lipinski definition) is 2. The van der Waals surface area contributed by atoms with Gasteiger partial charge in [-0.3, -0.25) is 4.79 Å². The Labute approximate surface area is 81.3 Å². The van der Waals surface area contributed by atoms with Crippen molar-refractivity contribution in [3.8, 4) is 0 Å². The maximum Gasteiger partial charge on any atom is 0.335 e. The van der Waals surface area contributed by atoms with Crippen LogP contribution in [0, 0.1) is 5.92 Å². The molecule has 0 aromatic carbocycles. The predicted molar refractivity (Wildman–Crippen MR) is 49.5 cm³/mol. The van der Waals surface area contributed by atoms with Crippen LogP contribution in [0.1, 0.15) is 12.8 Å². The van der Waals surface area contributed by atoms with Crippen LogP contribution < -0.4 is 5.32 Å². The molecule has 1 saturated heterocycles. The number of piperidine rings is 1. The standard InChI is InChI=1S/C10H11NO3/c12-9-4-2-6-5-7(10(13)14)1-3-8(6)11-9/h1,3,5-6,8H,2,4H2,(H,11,12)(H,13,14). The summed E-state index contributed by atoms with van der Waals surface area (Å²) in [6.07, 6.45) is 6.25. The summed E-state index contributed by atoms with van der Waals surface area (Å²) in [4.78, 5) is 21.7. The molecule has 0 spiro atoms. The Hall–Kier alpha value is -1.58. The zero-order chi connectivity index (χ0) is 10.1. The average Bonchev–Trinajstić information content (AvgIpc) is 2.16. The van der Waals surface area contributed by atoms with Crippen molar-refractivity contribution in [3.63, 3.8) is 0 Å². The normalized spacial score (nSPS) is 30.3. The quantitative estimate of drug-likeness (QED) is 0.635. The molecule has 0 radical (unpaired) electrons. The van der Waals surface area contributed by atoms with Crippen molar-refractivity contribution < 1.29 is 14.7 Å². The van der Waals surface area contributed by atoms with E-state index in [-0.39, 0.29) is 17.9 Å². The molecule has 0 saturated carbocycles. The molecule has 2 atom stereocenters. The summed E-state index contributed by atoms with van der Waals surface area (Å²) in [5.74, 6) is -0.719. The molecule has 1 aliphatic heterocycles. The van der Waals surface area contributed by atoms with E-state index < -0.39 is 5.97 Å². The maximum absolute atomic E-state index is 11.1. The summed E-state index contributed by atoms with van der Waals surface area (Å²) >= 11 is 0. The van der Waals surface area contributed by atoms with Gasteiger partial charge in [-0.15, -0.1) is 0 Å². The topological polar surface area (TPSA) is 66.4 Å². The van der Waals surface area contributed by atoms with E-state index in [0.717, 1.165) is 6.42 Å². The number of carboxylic acid groups (broad SMARTS) is 1. The van der Waals surface area contributed by atoms with Gasteiger partial charge in [0, 0.05) is 12.3 Å². The number of amides is 1. The molecule has 1 heterocycles. The Morgan fingerprint density at radius 2 is 2.36 bits per heavy atom. The van der Waals surface area contributed by atoms with Gasteiger partial charge >= 0.3 is 5.97 Å². The fourth-order valence-electron chi connectivity index (χ4n) is 1.86. The van der Waals surface area contributed by atoms with Crippen molar-refractivity contribution in [2.24, 2.45) is 5.92 Å². The molecule has 2 unspecified atom stereocenters. The number of rotatable bonds is 1. The number of carbonyl (C=O) groups is 2. The van der Waals surface area contributed by atoms with Gasteiger partial charge in [-0.1, -0.05) is 12.2 Å². The fourth-order valence-corrected chi connectivity index (χ4v) is 1.86. The van der Waals surface area contributed by atoms with Crippen LogP contribution in [0.4, 0.5) is 0 Å². The highest BCUT2D eigenvalue weighted by Gasteiger charge is 2.28. The van der Waals surface area contributed by atoms with Crippen LogP contribution in [0.25, 0.3) is 0 Å². The van der Waals surface area contributed by atoms with Crippen LogP contribution in [0.5, 0.6) is 0 Å². The highest BCUT2D eigenvalue weighted by molar-refractivity contribution is 5.90. The van der Waals surface area contributed by atoms with Crippen molar-refractivity contribution in [1.29, 1.82) is 0 Å². The van der Waals surface area contributed by atoms with Crippen molar-refractivity contribution in [1.82, 2.24) is 5.32 Å². The van der Waals surface area contributed by atoms with Crippen molar-refractivity contribution in [2.45, 2.75) is 18.9 Å². The predicted octanol–water partition coefficient (Wildman–Crippen LogP) is 0.462. The molecule has 4 heteroatoms. The van der Waals surface area contributed by atoms with Gasteiger partial charge in [0.05, 0.1) is 11.6 Å². The monoisotopic (exact) mass is 193 g/mol. The minimum absolute atomic E-state index is 0.0145. The van der Waals surface area contributed by atoms with Gasteiger partial charge < -0.3 is 10.4 Å². The van der Waals surface area contributed by atoms with E-state index in [2.05, 4.69) is 5.32 Å². The van der Waals surface area contributed by atoms with Gasteiger partial charge in [-0.05, 0) is 12.5 Å². The Morgan fingerprint density at radius 1 is 1.57 bits per heavy atom. The van der Waals surface area contributed by atoms with E-state index in [1.54, 1.807) is 18.2 Å². The zero-order valence-corrected chi connectivity index (χ0v) is 7.56. The molecular formula is C10H11NO3. The summed E-state index contributed by atoms with van der Waals surface area (Å²) in [5.41, 5.74) is 0.322. The Bertz CT molecular complexity index is 343. The molecule has 2 N–H and O–H groups in total. The first-order valence-electron chi connectivity index (χ1n) is 4.59. The lowest BCUT2D eigenvalue weighted by atomic mass is 9.85. The second-order valence-electron chi connectivity index (χ2n) is 3.58. The Balaban J connectivity index is 2.17. The Kier molecular flexibility index (Phi) is 2.11. The van der Waals surface area contributed by atoms with Gasteiger partial charge in [0.15, 0.2) is 0 Å². The molecule has 4 nitrogen and oxygen atoms in total. The molecule has 0 aromatic heterocycles. The first-order valence-corrected chi connectivity index (χ1v) is 4.59. The molecule has 14 heavy (non-hydrogen) atoms. The van der Waals surface area contributed by atoms with E-state index in [1.165, 1.54) is 0 Å². The third-order valence-corrected chi connectivity index (χ3v) is 2.62. The van der Waals surface area contributed by atoms with E-state index >= 15 is 0 Å². The molecule has 0 aromatic rings. The first-order chi connectivity index (χ1) is 6.66. The number of carboxylic acids is 1. The largest absolute Gasteiger partial charge is 0.478 e. The third kappa shape index (κ3) is 1.55. The molecule has 2 rings (SSSR count). The molecule has 1 aliphatic carbocycles. The van der Waals surface area contributed by atoms with Crippen LogP contribution >= 0.6 is 0 Å². The number of carbonyl (C=O) groups excluding carboxylic acids is 1.